The van der Waals surface area contributed by atoms with Gasteiger partial charge < -0.3 is 5.32 Å². The number of thioether (sulfide) groups is 1. The van der Waals surface area contributed by atoms with Crippen LogP contribution in [-0.2, 0) is 25.2 Å². The molecule has 0 aliphatic rings. The van der Waals surface area contributed by atoms with Crippen molar-refractivity contribution in [3.05, 3.63) is 137 Å². The highest BCUT2D eigenvalue weighted by atomic mass is 32.2. The Kier molecular flexibility index (Phi) is 11.8. The first kappa shape index (κ1) is 37.7. The van der Waals surface area contributed by atoms with Crippen LogP contribution in [0, 0.1) is 4.91 Å². The molecule has 0 fully saturated rings. The molecule has 266 valence electrons. The first-order chi connectivity index (χ1) is 24.8. The zero-order chi connectivity index (χ0) is 37.5. The predicted molar refractivity (Wildman–Crippen MR) is 214 cm³/mol. The molecule has 2 amide bonds. The minimum Gasteiger partial charge on any atom is -0.356 e. The molecule has 0 aromatic heterocycles. The molecule has 0 unspecified atom stereocenters. The van der Waals surface area contributed by atoms with Gasteiger partial charge in [0.25, 0.3) is 0 Å². The van der Waals surface area contributed by atoms with Gasteiger partial charge in [-0.25, -0.2) is 0 Å². The Morgan fingerprint density at radius 3 is 1.56 bits per heavy atom. The van der Waals surface area contributed by atoms with Gasteiger partial charge in [-0.2, -0.15) is 0 Å². The Morgan fingerprint density at radius 2 is 1.10 bits per heavy atom. The lowest BCUT2D eigenvalue weighted by atomic mass is 9.79. The quantitative estimate of drug-likeness (QED) is 0.0785. The predicted octanol–water partition coefficient (Wildman–Crippen LogP) is 11.5. The largest absolute Gasteiger partial charge is 0.356 e. The van der Waals surface area contributed by atoms with Gasteiger partial charge in [-0.05, 0) is 112 Å². The van der Waals surface area contributed by atoms with Crippen LogP contribution < -0.4 is 15.1 Å². The first-order valence-electron chi connectivity index (χ1n) is 17.2. The number of nitroso groups, excluding NO2 is 1. The molecule has 0 spiro atoms. The second-order valence-corrected chi connectivity index (χ2v) is 15.7. The maximum Gasteiger partial charge on any atom is 0.232 e. The molecule has 52 heavy (non-hydrogen) atoms. The molecule has 1 N–H and O–H groups in total. The van der Waals surface area contributed by atoms with E-state index in [9.17, 15) is 19.3 Å². The third kappa shape index (κ3) is 9.22. The molecule has 0 bridgehead atoms. The van der Waals surface area contributed by atoms with E-state index < -0.39 is 0 Å². The summed E-state index contributed by atoms with van der Waals surface area (Å²) in [6.07, 6.45) is 0.848. The molecule has 9 heteroatoms. The molecule has 8 nitrogen and oxygen atoms in total. The van der Waals surface area contributed by atoms with Gasteiger partial charge in [0, 0.05) is 51.9 Å². The van der Waals surface area contributed by atoms with Gasteiger partial charge in [-0.3, -0.25) is 24.2 Å². The van der Waals surface area contributed by atoms with Crippen molar-refractivity contribution < 1.29 is 14.4 Å². The van der Waals surface area contributed by atoms with Crippen LogP contribution in [0.3, 0.4) is 0 Å². The lowest BCUT2D eigenvalue weighted by Gasteiger charge is -2.27. The summed E-state index contributed by atoms with van der Waals surface area (Å²) >= 11 is 1.09. The topological polar surface area (TPSA) is 99.2 Å². The van der Waals surface area contributed by atoms with E-state index in [0.29, 0.717) is 17.1 Å². The van der Waals surface area contributed by atoms with E-state index in [0.717, 1.165) is 56.9 Å². The van der Waals surface area contributed by atoms with Gasteiger partial charge in [-0.1, -0.05) is 89.7 Å². The van der Waals surface area contributed by atoms with Gasteiger partial charge in [-0.15, -0.1) is 4.91 Å². The number of carbonyl (C=O) groups excluding carboxylic acids is 3. The highest BCUT2D eigenvalue weighted by Crippen LogP contribution is 2.43. The van der Waals surface area contributed by atoms with Gasteiger partial charge >= 0.3 is 0 Å². The van der Waals surface area contributed by atoms with Crippen molar-refractivity contribution in [2.24, 2.45) is 5.18 Å². The monoisotopic (exact) mass is 712 g/mol. The Hall–Kier alpha value is -5.54. The highest BCUT2D eigenvalue weighted by Gasteiger charge is 2.28. The van der Waals surface area contributed by atoms with Crippen LogP contribution in [0.5, 0.6) is 0 Å². The Balaban J connectivity index is 1.29. The fourth-order valence-electron chi connectivity index (χ4n) is 5.85. The third-order valence-electron chi connectivity index (χ3n) is 8.53. The zero-order valence-electron chi connectivity index (χ0n) is 30.4. The van der Waals surface area contributed by atoms with E-state index in [1.807, 2.05) is 163 Å². The van der Waals surface area contributed by atoms with Crippen molar-refractivity contribution in [2.45, 2.75) is 70.1 Å². The normalized spacial score (nSPS) is 11.4. The van der Waals surface area contributed by atoms with E-state index in [4.69, 9.17) is 0 Å². The average Bonchev–Trinajstić information content (AvgIpc) is 3.12. The van der Waals surface area contributed by atoms with Gasteiger partial charge in [0.15, 0.2) is 5.12 Å². The summed E-state index contributed by atoms with van der Waals surface area (Å²) in [6, 6.07) is 37.6. The molecular formula is C43H44N4O4S. The standard InChI is InChI=1S/C43H44N4O4S/c1-42(2,3)37-27-36(28-38(41(37)45-51)43(4,5)6)52-40(50)26-25-39(49)47(34-15-11-8-12-16-34)35-23-19-31(20-24-35)44-30-17-21-33(22-18-30)46(29-48)32-13-9-7-10-14-32/h7-24,27-29,44H,25-26H2,1-6H3. The molecule has 0 atom stereocenters. The van der Waals surface area contributed by atoms with Gasteiger partial charge in [0.1, 0.15) is 5.69 Å². The van der Waals surface area contributed by atoms with Crippen LogP contribution in [0.25, 0.3) is 0 Å². The van der Waals surface area contributed by atoms with Crippen molar-refractivity contribution >= 4 is 69.0 Å². The average molecular weight is 713 g/mol. The molecule has 5 rings (SSSR count). The van der Waals surface area contributed by atoms with Crippen molar-refractivity contribution in [3.63, 3.8) is 0 Å². The first-order valence-corrected chi connectivity index (χ1v) is 18.0. The lowest BCUT2D eigenvalue weighted by Crippen LogP contribution is -2.26. The highest BCUT2D eigenvalue weighted by molar-refractivity contribution is 8.13. The van der Waals surface area contributed by atoms with Gasteiger partial charge in [0.2, 0.25) is 12.3 Å². The third-order valence-corrected chi connectivity index (χ3v) is 9.43. The molecule has 0 radical (unpaired) electrons. The maximum absolute atomic E-state index is 13.8. The molecular weight excluding hydrogens is 669 g/mol. The second-order valence-electron chi connectivity index (χ2n) is 14.5. The molecule has 0 aliphatic carbocycles. The summed E-state index contributed by atoms with van der Waals surface area (Å²) in [6.45, 7) is 12.1. The van der Waals surface area contributed by atoms with Crippen molar-refractivity contribution in [3.8, 4) is 0 Å². The number of amides is 2. The zero-order valence-corrected chi connectivity index (χ0v) is 31.2. The van der Waals surface area contributed by atoms with Crippen LogP contribution in [-0.4, -0.2) is 17.4 Å². The van der Waals surface area contributed by atoms with E-state index in [2.05, 4.69) is 10.5 Å². The number of rotatable bonds is 12. The van der Waals surface area contributed by atoms with E-state index in [1.165, 1.54) is 0 Å². The number of nitrogens with one attached hydrogen (secondary N) is 1. The molecule has 5 aromatic carbocycles. The van der Waals surface area contributed by atoms with E-state index >= 15 is 0 Å². The van der Waals surface area contributed by atoms with Crippen LogP contribution in [0.2, 0.25) is 0 Å². The number of nitrogens with zero attached hydrogens (tertiary/aromatic N) is 3. The van der Waals surface area contributed by atoms with E-state index in [1.54, 1.807) is 9.80 Å². The summed E-state index contributed by atoms with van der Waals surface area (Å²) in [7, 11) is 0. The Morgan fingerprint density at radius 1 is 0.654 bits per heavy atom. The van der Waals surface area contributed by atoms with Crippen LogP contribution in [0.15, 0.2) is 131 Å². The van der Waals surface area contributed by atoms with Gasteiger partial charge in [0.05, 0.1) is 0 Å². The fraction of sp³-hybridized carbons (Fsp3) is 0.233. The number of carbonyl (C=O) groups is 3. The SMILES string of the molecule is CC(C)(C)c1cc(SC(=O)CCC(=O)N(c2ccccc2)c2ccc(Nc3ccc(N(C=O)c4ccccc4)cc3)cc2)cc(C(C)(C)C)c1N=O. The minimum atomic E-state index is -0.355. The summed E-state index contributed by atoms with van der Waals surface area (Å²) in [5, 5.41) is 6.64. The lowest BCUT2D eigenvalue weighted by molar-refractivity contribution is -0.120. The summed E-state index contributed by atoms with van der Waals surface area (Å²) < 4.78 is 0. The number of hydrogen-bond acceptors (Lipinski definition) is 7. The fourth-order valence-corrected chi connectivity index (χ4v) is 6.67. The Labute approximate surface area is 310 Å². The minimum absolute atomic E-state index is 0.0140. The van der Waals surface area contributed by atoms with Crippen molar-refractivity contribution in [2.75, 3.05) is 15.1 Å². The van der Waals surface area contributed by atoms with Crippen LogP contribution in [0.4, 0.5) is 39.8 Å². The molecule has 5 aromatic rings. The number of para-hydroxylation sites is 2. The molecule has 0 aliphatic heterocycles. The molecule has 0 saturated carbocycles. The summed E-state index contributed by atoms with van der Waals surface area (Å²) in [5.41, 5.74) is 5.84. The van der Waals surface area contributed by atoms with Crippen LogP contribution >= 0.6 is 11.8 Å². The number of anilines is 6. The molecule has 0 heterocycles. The Bertz CT molecular complexity index is 1980. The van der Waals surface area contributed by atoms with Crippen molar-refractivity contribution in [1.29, 1.82) is 0 Å². The van der Waals surface area contributed by atoms with E-state index in [-0.39, 0.29) is 34.7 Å². The summed E-state index contributed by atoms with van der Waals surface area (Å²) in [4.78, 5) is 54.9. The van der Waals surface area contributed by atoms with Crippen molar-refractivity contribution in [1.82, 2.24) is 0 Å². The summed E-state index contributed by atoms with van der Waals surface area (Å²) in [5.74, 6) is -0.208. The molecule has 0 saturated heterocycles. The number of benzene rings is 5. The van der Waals surface area contributed by atoms with Crippen LogP contribution in [0.1, 0.15) is 65.5 Å². The number of hydrogen-bond donors (Lipinski definition) is 1. The second kappa shape index (κ2) is 16.2. The smallest absolute Gasteiger partial charge is 0.232 e. The maximum atomic E-state index is 13.8.